The fourth-order valence-corrected chi connectivity index (χ4v) is 1.77. The minimum atomic E-state index is -0.935. The number of amides is 2. The van der Waals surface area contributed by atoms with Gasteiger partial charge in [0.2, 0.25) is 0 Å². The molecule has 0 heterocycles. The maximum absolute atomic E-state index is 11.9. The SMILES string of the molecule is COc1ccc(I)c(NC(=O)N(C)CCC(=O)O)c1. The van der Waals surface area contributed by atoms with Crippen LogP contribution < -0.4 is 10.1 Å². The van der Waals surface area contributed by atoms with E-state index in [1.165, 1.54) is 4.90 Å². The van der Waals surface area contributed by atoms with Gasteiger partial charge in [-0.1, -0.05) is 0 Å². The zero-order chi connectivity index (χ0) is 14.4. The molecule has 0 aliphatic carbocycles. The Morgan fingerprint density at radius 2 is 2.16 bits per heavy atom. The van der Waals surface area contributed by atoms with E-state index in [0.717, 1.165) is 3.57 Å². The maximum Gasteiger partial charge on any atom is 0.321 e. The van der Waals surface area contributed by atoms with Crippen LogP contribution in [0.1, 0.15) is 6.42 Å². The van der Waals surface area contributed by atoms with Gasteiger partial charge in [-0.2, -0.15) is 0 Å². The van der Waals surface area contributed by atoms with Gasteiger partial charge in [0, 0.05) is 23.2 Å². The van der Waals surface area contributed by atoms with Crippen LogP contribution in [0.15, 0.2) is 18.2 Å². The van der Waals surface area contributed by atoms with E-state index in [1.54, 1.807) is 26.3 Å². The van der Waals surface area contributed by atoms with Crippen LogP contribution in [0.25, 0.3) is 0 Å². The zero-order valence-electron chi connectivity index (χ0n) is 10.6. The molecule has 0 aliphatic rings. The number of methoxy groups -OCH3 is 1. The molecule has 1 rings (SSSR count). The van der Waals surface area contributed by atoms with Crippen molar-refractivity contribution in [1.82, 2.24) is 4.90 Å². The number of nitrogens with zero attached hydrogens (tertiary/aromatic N) is 1. The van der Waals surface area contributed by atoms with Crippen LogP contribution in [0.3, 0.4) is 0 Å². The van der Waals surface area contributed by atoms with Crippen molar-refractivity contribution in [3.8, 4) is 5.75 Å². The highest BCUT2D eigenvalue weighted by Crippen LogP contribution is 2.24. The van der Waals surface area contributed by atoms with Gasteiger partial charge in [0.1, 0.15) is 5.75 Å². The lowest BCUT2D eigenvalue weighted by atomic mass is 10.3. The van der Waals surface area contributed by atoms with Gasteiger partial charge in [0.15, 0.2) is 0 Å². The molecule has 0 bridgehead atoms. The lowest BCUT2D eigenvalue weighted by molar-refractivity contribution is -0.137. The molecule has 0 radical (unpaired) electrons. The van der Waals surface area contributed by atoms with Crippen LogP contribution in [-0.4, -0.2) is 42.7 Å². The first-order valence-corrected chi connectivity index (χ1v) is 6.59. The average Bonchev–Trinajstić information content (AvgIpc) is 2.38. The average molecular weight is 378 g/mol. The number of carbonyl (C=O) groups excluding carboxylic acids is 1. The van der Waals surface area contributed by atoms with Gasteiger partial charge in [-0.25, -0.2) is 4.79 Å². The fraction of sp³-hybridized carbons (Fsp3) is 0.333. The predicted octanol–water partition coefficient (Wildman–Crippen LogP) is 2.24. The standard InChI is InChI=1S/C12H15IN2O4/c1-15(6-5-11(16)17)12(18)14-10-7-8(19-2)3-4-9(10)13/h3-4,7H,5-6H2,1-2H3,(H,14,18)(H,16,17). The highest BCUT2D eigenvalue weighted by Gasteiger charge is 2.12. The number of carbonyl (C=O) groups is 2. The third-order valence-electron chi connectivity index (χ3n) is 2.42. The normalized spacial score (nSPS) is 9.84. The van der Waals surface area contributed by atoms with Gasteiger partial charge in [-0.05, 0) is 34.7 Å². The highest BCUT2D eigenvalue weighted by atomic mass is 127. The molecule has 0 aliphatic heterocycles. The highest BCUT2D eigenvalue weighted by molar-refractivity contribution is 14.1. The third-order valence-corrected chi connectivity index (χ3v) is 3.36. The number of hydrogen-bond acceptors (Lipinski definition) is 3. The van der Waals surface area contributed by atoms with Crippen LogP contribution >= 0.6 is 22.6 Å². The van der Waals surface area contributed by atoms with Gasteiger partial charge in [-0.15, -0.1) is 0 Å². The summed E-state index contributed by atoms with van der Waals surface area (Å²) < 4.78 is 5.96. The van der Waals surface area contributed by atoms with Gasteiger partial charge in [-0.3, -0.25) is 4.79 Å². The summed E-state index contributed by atoms with van der Waals surface area (Å²) in [5.41, 5.74) is 0.632. The zero-order valence-corrected chi connectivity index (χ0v) is 12.8. The summed E-state index contributed by atoms with van der Waals surface area (Å²) >= 11 is 2.10. The molecule has 1 aromatic carbocycles. The molecule has 19 heavy (non-hydrogen) atoms. The number of benzene rings is 1. The first-order valence-electron chi connectivity index (χ1n) is 5.51. The molecule has 7 heteroatoms. The molecule has 2 N–H and O–H groups in total. The van der Waals surface area contributed by atoms with Crippen molar-refractivity contribution in [3.05, 3.63) is 21.8 Å². The molecule has 6 nitrogen and oxygen atoms in total. The molecular weight excluding hydrogens is 363 g/mol. The van der Waals surface area contributed by atoms with E-state index in [0.29, 0.717) is 11.4 Å². The van der Waals surface area contributed by atoms with E-state index in [2.05, 4.69) is 27.9 Å². The molecular formula is C12H15IN2O4. The number of nitrogens with one attached hydrogen (secondary N) is 1. The van der Waals surface area contributed by atoms with E-state index < -0.39 is 5.97 Å². The molecule has 1 aromatic rings. The number of carboxylic acid groups (broad SMARTS) is 1. The topological polar surface area (TPSA) is 78.9 Å². The van der Waals surface area contributed by atoms with E-state index in [4.69, 9.17) is 9.84 Å². The number of rotatable bonds is 5. The van der Waals surface area contributed by atoms with E-state index >= 15 is 0 Å². The van der Waals surface area contributed by atoms with Crippen molar-refractivity contribution in [2.75, 3.05) is 26.0 Å². The van der Waals surface area contributed by atoms with Crippen molar-refractivity contribution in [3.63, 3.8) is 0 Å². The Bertz CT molecular complexity index is 479. The van der Waals surface area contributed by atoms with Crippen molar-refractivity contribution in [2.45, 2.75) is 6.42 Å². The van der Waals surface area contributed by atoms with E-state index in [1.807, 2.05) is 6.07 Å². The summed E-state index contributed by atoms with van der Waals surface area (Å²) in [7, 11) is 3.10. The molecule has 0 saturated carbocycles. The summed E-state index contributed by atoms with van der Waals surface area (Å²) in [6.07, 6.45) is -0.0842. The molecule has 2 amide bonds. The number of halogens is 1. The summed E-state index contributed by atoms with van der Waals surface area (Å²) in [6.45, 7) is 0.154. The second-order valence-electron chi connectivity index (χ2n) is 3.84. The van der Waals surface area contributed by atoms with Gasteiger partial charge >= 0.3 is 12.0 Å². The minimum Gasteiger partial charge on any atom is -0.497 e. The van der Waals surface area contributed by atoms with Crippen molar-refractivity contribution in [1.29, 1.82) is 0 Å². The second kappa shape index (κ2) is 7.17. The first kappa shape index (κ1) is 15.5. The molecule has 0 unspecified atom stereocenters. The molecule has 0 saturated heterocycles. The van der Waals surface area contributed by atoms with Gasteiger partial charge in [0.05, 0.1) is 19.2 Å². The van der Waals surface area contributed by atoms with Crippen LogP contribution in [0.4, 0.5) is 10.5 Å². The number of carboxylic acids is 1. The first-order chi connectivity index (χ1) is 8.93. The minimum absolute atomic E-state index is 0.0842. The van der Waals surface area contributed by atoms with Crippen molar-refractivity contribution < 1.29 is 19.4 Å². The summed E-state index contributed by atoms with van der Waals surface area (Å²) in [6, 6.07) is 4.98. The molecule has 0 fully saturated rings. The molecule has 104 valence electrons. The Labute approximate surface area is 124 Å². The largest absolute Gasteiger partial charge is 0.497 e. The Kier molecular flexibility index (Phi) is 5.87. The quantitative estimate of drug-likeness (QED) is 0.771. The number of ether oxygens (including phenoxy) is 1. The van der Waals surface area contributed by atoms with Gasteiger partial charge < -0.3 is 20.1 Å². The fourth-order valence-electron chi connectivity index (χ4n) is 1.30. The number of aliphatic carboxylic acids is 1. The number of anilines is 1. The number of urea groups is 1. The lowest BCUT2D eigenvalue weighted by Gasteiger charge is -2.17. The molecule has 0 spiro atoms. The van der Waals surface area contributed by atoms with Gasteiger partial charge in [0.25, 0.3) is 0 Å². The maximum atomic E-state index is 11.9. The van der Waals surface area contributed by atoms with Crippen LogP contribution in [0.5, 0.6) is 5.75 Å². The van der Waals surface area contributed by atoms with Crippen LogP contribution in [0.2, 0.25) is 0 Å². The Morgan fingerprint density at radius 1 is 1.47 bits per heavy atom. The smallest absolute Gasteiger partial charge is 0.321 e. The van der Waals surface area contributed by atoms with Crippen LogP contribution in [-0.2, 0) is 4.79 Å². The monoisotopic (exact) mass is 378 g/mol. The third kappa shape index (κ3) is 4.93. The summed E-state index contributed by atoms with van der Waals surface area (Å²) in [4.78, 5) is 23.6. The molecule has 0 atom stereocenters. The Balaban J connectivity index is 2.68. The Morgan fingerprint density at radius 3 is 2.74 bits per heavy atom. The number of hydrogen-bond donors (Lipinski definition) is 2. The Hall–Kier alpha value is -1.51. The second-order valence-corrected chi connectivity index (χ2v) is 5.00. The van der Waals surface area contributed by atoms with E-state index in [-0.39, 0.29) is 19.0 Å². The summed E-state index contributed by atoms with van der Waals surface area (Å²) in [5.74, 6) is -0.292. The lowest BCUT2D eigenvalue weighted by Crippen LogP contribution is -2.33. The molecule has 0 aromatic heterocycles. The van der Waals surface area contributed by atoms with E-state index in [9.17, 15) is 9.59 Å². The van der Waals surface area contributed by atoms with Crippen molar-refractivity contribution in [2.24, 2.45) is 0 Å². The summed E-state index contributed by atoms with van der Waals surface area (Å²) in [5, 5.41) is 11.3. The van der Waals surface area contributed by atoms with Crippen molar-refractivity contribution >= 4 is 40.3 Å². The van der Waals surface area contributed by atoms with Crippen LogP contribution in [0, 0.1) is 3.57 Å². The predicted molar refractivity (Wildman–Crippen MR) is 79.6 cm³/mol.